The van der Waals surface area contributed by atoms with Gasteiger partial charge in [-0.1, -0.05) is 6.92 Å². The van der Waals surface area contributed by atoms with Crippen molar-refractivity contribution in [1.29, 1.82) is 0 Å². The number of ether oxygens (including phenoxy) is 1. The molecule has 0 amide bonds. The number of carboxylic acids is 1. The van der Waals surface area contributed by atoms with E-state index in [1.54, 1.807) is 19.2 Å². The fourth-order valence-electron chi connectivity index (χ4n) is 1.35. The van der Waals surface area contributed by atoms with Crippen LogP contribution in [0.2, 0.25) is 0 Å². The molecule has 0 saturated carbocycles. The van der Waals surface area contributed by atoms with Gasteiger partial charge in [-0.25, -0.2) is 9.78 Å². The molecule has 0 spiro atoms. The van der Waals surface area contributed by atoms with Gasteiger partial charge >= 0.3 is 5.97 Å². The largest absolute Gasteiger partial charge is 0.476 e. The zero-order valence-corrected chi connectivity index (χ0v) is 9.43. The molecule has 0 fully saturated rings. The quantitative estimate of drug-likeness (QED) is 0.765. The Balaban J connectivity index is 2.63. The number of carbonyl (C=O) groups is 1. The first kappa shape index (κ1) is 12.4. The first-order valence-electron chi connectivity index (χ1n) is 5.06. The van der Waals surface area contributed by atoms with Crippen LogP contribution in [0.3, 0.4) is 0 Å². The molecular weight excluding hydrogens is 208 g/mol. The van der Waals surface area contributed by atoms with Gasteiger partial charge < -0.3 is 15.2 Å². The summed E-state index contributed by atoms with van der Waals surface area (Å²) in [6.07, 6.45) is 1.47. The molecule has 88 valence electrons. The minimum atomic E-state index is -1.03. The number of aromatic nitrogens is 1. The number of carboxylic acid groups (broad SMARTS) is 1. The summed E-state index contributed by atoms with van der Waals surface area (Å²) >= 11 is 0. The molecule has 0 aromatic carbocycles. The van der Waals surface area contributed by atoms with Crippen molar-refractivity contribution in [3.05, 3.63) is 24.0 Å². The second kappa shape index (κ2) is 6.07. The van der Waals surface area contributed by atoms with E-state index in [0.717, 1.165) is 0 Å². The highest BCUT2D eigenvalue weighted by Crippen LogP contribution is 2.12. The van der Waals surface area contributed by atoms with Crippen LogP contribution in [0.5, 0.6) is 0 Å². The van der Waals surface area contributed by atoms with Crippen LogP contribution in [0.25, 0.3) is 0 Å². The second-order valence-electron chi connectivity index (χ2n) is 3.65. The number of nitrogens with one attached hydrogen (secondary N) is 1. The van der Waals surface area contributed by atoms with E-state index in [9.17, 15) is 4.79 Å². The number of aromatic carboxylic acids is 1. The summed E-state index contributed by atoms with van der Waals surface area (Å²) in [5.74, 6) is -0.714. The topological polar surface area (TPSA) is 71.5 Å². The normalized spacial score (nSPS) is 12.1. The van der Waals surface area contributed by atoms with E-state index in [1.807, 2.05) is 6.92 Å². The number of nitrogens with zero attached hydrogens (tertiary/aromatic N) is 1. The molecule has 0 bridgehead atoms. The van der Waals surface area contributed by atoms with Crippen LogP contribution in [-0.4, -0.2) is 36.3 Å². The van der Waals surface area contributed by atoms with Crippen molar-refractivity contribution in [2.24, 2.45) is 5.92 Å². The number of pyridine rings is 1. The summed E-state index contributed by atoms with van der Waals surface area (Å²) in [4.78, 5) is 14.7. The Morgan fingerprint density at radius 1 is 1.69 bits per heavy atom. The Morgan fingerprint density at radius 2 is 2.44 bits per heavy atom. The number of rotatable bonds is 6. The fourth-order valence-corrected chi connectivity index (χ4v) is 1.35. The summed E-state index contributed by atoms with van der Waals surface area (Å²) in [7, 11) is 1.64. The SMILES string of the molecule is COCC(C)CNc1cccnc1C(=O)O. The molecule has 0 aliphatic carbocycles. The second-order valence-corrected chi connectivity index (χ2v) is 3.65. The van der Waals surface area contributed by atoms with E-state index in [2.05, 4.69) is 10.3 Å². The highest BCUT2D eigenvalue weighted by atomic mass is 16.5. The smallest absolute Gasteiger partial charge is 0.356 e. The summed E-state index contributed by atoms with van der Waals surface area (Å²) < 4.78 is 5.00. The molecule has 2 N–H and O–H groups in total. The molecule has 0 radical (unpaired) electrons. The highest BCUT2D eigenvalue weighted by molar-refractivity contribution is 5.91. The third-order valence-electron chi connectivity index (χ3n) is 2.10. The molecule has 1 aromatic heterocycles. The average molecular weight is 224 g/mol. The van der Waals surface area contributed by atoms with Gasteiger partial charge in [0, 0.05) is 19.9 Å². The molecule has 16 heavy (non-hydrogen) atoms. The fraction of sp³-hybridized carbons (Fsp3) is 0.455. The van der Waals surface area contributed by atoms with E-state index in [-0.39, 0.29) is 5.69 Å². The molecule has 1 aromatic rings. The van der Waals surface area contributed by atoms with Crippen LogP contribution in [0.15, 0.2) is 18.3 Å². The lowest BCUT2D eigenvalue weighted by Gasteiger charge is -2.13. The van der Waals surface area contributed by atoms with Gasteiger partial charge in [-0.05, 0) is 18.1 Å². The Bertz CT molecular complexity index is 355. The van der Waals surface area contributed by atoms with Crippen LogP contribution in [0.1, 0.15) is 17.4 Å². The van der Waals surface area contributed by atoms with Gasteiger partial charge in [-0.3, -0.25) is 0 Å². The lowest BCUT2D eigenvalue weighted by Crippen LogP contribution is -2.17. The van der Waals surface area contributed by atoms with Crippen molar-refractivity contribution in [3.63, 3.8) is 0 Å². The number of hydrogen-bond donors (Lipinski definition) is 2. The molecule has 1 atom stereocenters. The monoisotopic (exact) mass is 224 g/mol. The summed E-state index contributed by atoms with van der Waals surface area (Å²) in [5, 5.41) is 12.0. The van der Waals surface area contributed by atoms with E-state index in [1.165, 1.54) is 6.20 Å². The van der Waals surface area contributed by atoms with Crippen molar-refractivity contribution in [2.75, 3.05) is 25.6 Å². The van der Waals surface area contributed by atoms with Gasteiger partial charge in [-0.2, -0.15) is 0 Å². The Labute approximate surface area is 94.5 Å². The van der Waals surface area contributed by atoms with Crippen molar-refractivity contribution >= 4 is 11.7 Å². The van der Waals surface area contributed by atoms with E-state index in [0.29, 0.717) is 24.8 Å². The minimum absolute atomic E-state index is 0.0483. The predicted molar refractivity (Wildman–Crippen MR) is 60.7 cm³/mol. The third kappa shape index (κ3) is 3.51. The maximum Gasteiger partial charge on any atom is 0.356 e. The van der Waals surface area contributed by atoms with Crippen molar-refractivity contribution in [1.82, 2.24) is 4.98 Å². The van der Waals surface area contributed by atoms with E-state index < -0.39 is 5.97 Å². The molecule has 5 heteroatoms. The zero-order valence-electron chi connectivity index (χ0n) is 9.43. The lowest BCUT2D eigenvalue weighted by molar-refractivity contribution is 0.0691. The van der Waals surface area contributed by atoms with Crippen LogP contribution in [-0.2, 0) is 4.74 Å². The van der Waals surface area contributed by atoms with Crippen LogP contribution < -0.4 is 5.32 Å². The van der Waals surface area contributed by atoms with Gasteiger partial charge in [0.1, 0.15) is 0 Å². The summed E-state index contributed by atoms with van der Waals surface area (Å²) in [5.41, 5.74) is 0.588. The van der Waals surface area contributed by atoms with Gasteiger partial charge in [-0.15, -0.1) is 0 Å². The highest BCUT2D eigenvalue weighted by Gasteiger charge is 2.11. The molecular formula is C11H16N2O3. The van der Waals surface area contributed by atoms with Gasteiger partial charge in [0.15, 0.2) is 5.69 Å². The minimum Gasteiger partial charge on any atom is -0.476 e. The number of methoxy groups -OCH3 is 1. The van der Waals surface area contributed by atoms with Gasteiger partial charge in [0.05, 0.1) is 12.3 Å². The predicted octanol–water partition coefficient (Wildman–Crippen LogP) is 1.47. The summed E-state index contributed by atoms with van der Waals surface area (Å²) in [6.45, 7) is 3.31. The molecule has 0 aliphatic rings. The number of hydrogen-bond acceptors (Lipinski definition) is 4. The molecule has 1 rings (SSSR count). The molecule has 0 aliphatic heterocycles. The zero-order chi connectivity index (χ0) is 12.0. The molecule has 1 unspecified atom stereocenters. The third-order valence-corrected chi connectivity index (χ3v) is 2.10. The van der Waals surface area contributed by atoms with Crippen LogP contribution >= 0.6 is 0 Å². The van der Waals surface area contributed by atoms with E-state index in [4.69, 9.17) is 9.84 Å². The maximum atomic E-state index is 10.9. The Morgan fingerprint density at radius 3 is 3.06 bits per heavy atom. The lowest BCUT2D eigenvalue weighted by atomic mass is 10.2. The first-order chi connectivity index (χ1) is 7.65. The average Bonchev–Trinajstić information content (AvgIpc) is 2.27. The number of anilines is 1. The molecule has 0 saturated heterocycles. The van der Waals surface area contributed by atoms with Crippen molar-refractivity contribution in [2.45, 2.75) is 6.92 Å². The maximum absolute atomic E-state index is 10.9. The van der Waals surface area contributed by atoms with Crippen LogP contribution in [0, 0.1) is 5.92 Å². The van der Waals surface area contributed by atoms with Crippen molar-refractivity contribution in [3.8, 4) is 0 Å². The Kier molecular flexibility index (Phi) is 4.72. The Hall–Kier alpha value is -1.62. The van der Waals surface area contributed by atoms with Gasteiger partial charge in [0.25, 0.3) is 0 Å². The summed E-state index contributed by atoms with van der Waals surface area (Å²) in [6, 6.07) is 3.41. The standard InChI is InChI=1S/C11H16N2O3/c1-8(7-16-2)6-13-9-4-3-5-12-10(9)11(14)15/h3-5,8,13H,6-7H2,1-2H3,(H,14,15). The molecule has 1 heterocycles. The van der Waals surface area contributed by atoms with Crippen molar-refractivity contribution < 1.29 is 14.6 Å². The van der Waals surface area contributed by atoms with E-state index >= 15 is 0 Å². The van der Waals surface area contributed by atoms with Crippen LogP contribution in [0.4, 0.5) is 5.69 Å². The van der Waals surface area contributed by atoms with Gasteiger partial charge in [0.2, 0.25) is 0 Å². The molecule has 5 nitrogen and oxygen atoms in total. The first-order valence-corrected chi connectivity index (χ1v) is 5.06.